The zero-order valence-corrected chi connectivity index (χ0v) is 11.8. The molecule has 5 nitrogen and oxygen atoms in total. The molecule has 1 aromatic heterocycles. The highest BCUT2D eigenvalue weighted by atomic mass is 32.1. The van der Waals surface area contributed by atoms with Crippen LogP contribution in [0.3, 0.4) is 0 Å². The van der Waals surface area contributed by atoms with Crippen molar-refractivity contribution < 1.29 is 9.53 Å². The first kappa shape index (κ1) is 14.0. The van der Waals surface area contributed by atoms with Gasteiger partial charge in [-0.15, -0.1) is 11.3 Å². The van der Waals surface area contributed by atoms with Crippen molar-refractivity contribution in [2.24, 2.45) is 5.41 Å². The van der Waals surface area contributed by atoms with Gasteiger partial charge in [-0.05, 0) is 19.8 Å². The number of hydrogen-bond acceptors (Lipinski definition) is 5. The minimum atomic E-state index is -0.906. The number of amides is 1. The van der Waals surface area contributed by atoms with E-state index in [0.717, 1.165) is 10.7 Å². The van der Waals surface area contributed by atoms with Gasteiger partial charge < -0.3 is 10.1 Å². The van der Waals surface area contributed by atoms with E-state index in [1.54, 1.807) is 11.3 Å². The van der Waals surface area contributed by atoms with Crippen molar-refractivity contribution in [2.45, 2.75) is 26.2 Å². The molecule has 1 aliphatic heterocycles. The predicted molar refractivity (Wildman–Crippen MR) is 71.7 cm³/mol. The number of aryl methyl sites for hydroxylation is 1. The Hall–Kier alpha value is -1.45. The third kappa shape index (κ3) is 3.31. The third-order valence-electron chi connectivity index (χ3n) is 3.29. The zero-order chi connectivity index (χ0) is 13.7. The summed E-state index contributed by atoms with van der Waals surface area (Å²) in [7, 11) is 0. The Balaban J connectivity index is 1.85. The molecule has 1 saturated heterocycles. The quantitative estimate of drug-likeness (QED) is 0.904. The van der Waals surface area contributed by atoms with Crippen molar-refractivity contribution in [1.82, 2.24) is 10.3 Å². The molecule has 0 saturated carbocycles. The van der Waals surface area contributed by atoms with E-state index in [4.69, 9.17) is 4.74 Å². The number of thiazole rings is 1. The van der Waals surface area contributed by atoms with Crippen molar-refractivity contribution in [3.05, 3.63) is 16.1 Å². The highest BCUT2D eigenvalue weighted by molar-refractivity contribution is 7.09. The average molecular weight is 279 g/mol. The molecule has 0 unspecified atom stereocenters. The van der Waals surface area contributed by atoms with Crippen LogP contribution < -0.4 is 5.32 Å². The van der Waals surface area contributed by atoms with Crippen LogP contribution in [-0.4, -0.2) is 30.6 Å². The number of carbonyl (C=O) groups is 1. The summed E-state index contributed by atoms with van der Waals surface area (Å²) in [5.41, 5.74) is 0.0982. The summed E-state index contributed by atoms with van der Waals surface area (Å²) in [6.07, 6.45) is 1.67. The number of aromatic nitrogens is 1. The van der Waals surface area contributed by atoms with Crippen LogP contribution in [0.15, 0.2) is 5.38 Å². The normalized spacial score (nSPS) is 17.7. The minimum Gasteiger partial charge on any atom is -0.381 e. The minimum absolute atomic E-state index is 0.174. The average Bonchev–Trinajstić information content (AvgIpc) is 2.85. The summed E-state index contributed by atoms with van der Waals surface area (Å²) < 4.78 is 5.21. The zero-order valence-electron chi connectivity index (χ0n) is 10.9. The molecule has 2 heterocycles. The molecule has 102 valence electrons. The SMILES string of the molecule is Cc1csc(CCNC(=O)C2(C#N)CCOCC2)n1. The van der Waals surface area contributed by atoms with Gasteiger partial charge in [-0.3, -0.25) is 4.79 Å². The van der Waals surface area contributed by atoms with Crippen molar-refractivity contribution >= 4 is 17.2 Å². The summed E-state index contributed by atoms with van der Waals surface area (Å²) in [6.45, 7) is 3.43. The molecule has 0 aromatic carbocycles. The topological polar surface area (TPSA) is 75.0 Å². The predicted octanol–water partition coefficient (Wildman–Crippen LogP) is 1.43. The van der Waals surface area contributed by atoms with Gasteiger partial charge in [-0.25, -0.2) is 4.98 Å². The van der Waals surface area contributed by atoms with Crippen molar-refractivity contribution in [3.8, 4) is 6.07 Å². The Kier molecular flexibility index (Phi) is 4.51. The Labute approximate surface area is 116 Å². The van der Waals surface area contributed by atoms with Gasteiger partial charge in [0.05, 0.1) is 11.1 Å². The molecule has 1 aromatic rings. The van der Waals surface area contributed by atoms with Crippen LogP contribution in [0.25, 0.3) is 0 Å². The summed E-state index contributed by atoms with van der Waals surface area (Å²) >= 11 is 1.59. The maximum atomic E-state index is 12.1. The third-order valence-corrected chi connectivity index (χ3v) is 4.31. The smallest absolute Gasteiger partial charge is 0.240 e. The molecule has 6 heteroatoms. The van der Waals surface area contributed by atoms with E-state index in [1.165, 1.54) is 0 Å². The van der Waals surface area contributed by atoms with Crippen LogP contribution >= 0.6 is 11.3 Å². The molecule has 0 bridgehead atoms. The molecule has 1 amide bonds. The molecule has 19 heavy (non-hydrogen) atoms. The molecular formula is C13H17N3O2S. The summed E-state index contributed by atoms with van der Waals surface area (Å²) in [5.74, 6) is -0.174. The van der Waals surface area contributed by atoms with Gasteiger partial charge in [0.1, 0.15) is 5.41 Å². The summed E-state index contributed by atoms with van der Waals surface area (Å²) in [4.78, 5) is 16.5. The Morgan fingerprint density at radius 3 is 2.95 bits per heavy atom. The van der Waals surface area contributed by atoms with E-state index < -0.39 is 5.41 Å². The second-order valence-electron chi connectivity index (χ2n) is 4.69. The maximum Gasteiger partial charge on any atom is 0.240 e. The number of carbonyl (C=O) groups excluding carboxylic acids is 1. The van der Waals surface area contributed by atoms with Gasteiger partial charge in [0.2, 0.25) is 5.91 Å². The van der Waals surface area contributed by atoms with Crippen LogP contribution in [-0.2, 0) is 16.0 Å². The Morgan fingerprint density at radius 2 is 2.37 bits per heavy atom. The summed E-state index contributed by atoms with van der Waals surface area (Å²) in [6, 6.07) is 2.16. The molecule has 1 N–H and O–H groups in total. The number of nitriles is 1. The molecular weight excluding hydrogens is 262 g/mol. The van der Waals surface area contributed by atoms with Crippen LogP contribution in [0.5, 0.6) is 0 Å². The highest BCUT2D eigenvalue weighted by Crippen LogP contribution is 2.29. The standard InChI is InChI=1S/C13H17N3O2S/c1-10-8-19-11(16-10)2-5-15-12(17)13(9-14)3-6-18-7-4-13/h8H,2-7H2,1H3,(H,15,17). The van der Waals surface area contributed by atoms with Crippen molar-refractivity contribution in [1.29, 1.82) is 5.26 Å². The first-order valence-corrected chi connectivity index (χ1v) is 7.22. The Morgan fingerprint density at radius 1 is 1.63 bits per heavy atom. The fourth-order valence-electron chi connectivity index (χ4n) is 2.08. The van der Waals surface area contributed by atoms with Gasteiger partial charge in [0.25, 0.3) is 0 Å². The lowest BCUT2D eigenvalue weighted by Gasteiger charge is -2.29. The molecule has 1 aliphatic rings. The largest absolute Gasteiger partial charge is 0.381 e. The lowest BCUT2D eigenvalue weighted by molar-refractivity contribution is -0.132. The number of nitrogens with one attached hydrogen (secondary N) is 1. The van der Waals surface area contributed by atoms with E-state index >= 15 is 0 Å². The van der Waals surface area contributed by atoms with Crippen molar-refractivity contribution in [3.63, 3.8) is 0 Å². The highest BCUT2D eigenvalue weighted by Gasteiger charge is 2.40. The fraction of sp³-hybridized carbons (Fsp3) is 0.615. The Bertz CT molecular complexity index is 486. The molecule has 0 aliphatic carbocycles. The maximum absolute atomic E-state index is 12.1. The number of hydrogen-bond donors (Lipinski definition) is 1. The lowest BCUT2D eigenvalue weighted by atomic mass is 9.81. The van der Waals surface area contributed by atoms with Gasteiger partial charge >= 0.3 is 0 Å². The monoisotopic (exact) mass is 279 g/mol. The number of ether oxygens (including phenoxy) is 1. The first-order valence-electron chi connectivity index (χ1n) is 6.35. The van der Waals surface area contributed by atoms with Crippen molar-refractivity contribution in [2.75, 3.05) is 19.8 Å². The number of nitrogens with zero attached hydrogens (tertiary/aromatic N) is 2. The van der Waals surface area contributed by atoms with Crippen LogP contribution in [0, 0.1) is 23.7 Å². The van der Waals surface area contributed by atoms with Crippen LogP contribution in [0.1, 0.15) is 23.5 Å². The van der Waals surface area contributed by atoms with Gasteiger partial charge in [0.15, 0.2) is 0 Å². The van der Waals surface area contributed by atoms with E-state index in [-0.39, 0.29) is 5.91 Å². The van der Waals surface area contributed by atoms with E-state index in [0.29, 0.717) is 39.0 Å². The van der Waals surface area contributed by atoms with Gasteiger partial charge in [-0.1, -0.05) is 0 Å². The second kappa shape index (κ2) is 6.13. The first-order chi connectivity index (χ1) is 9.16. The summed E-state index contributed by atoms with van der Waals surface area (Å²) in [5, 5.41) is 15.1. The molecule has 0 atom stereocenters. The van der Waals surface area contributed by atoms with E-state index in [2.05, 4.69) is 16.4 Å². The van der Waals surface area contributed by atoms with Crippen LogP contribution in [0.4, 0.5) is 0 Å². The van der Waals surface area contributed by atoms with Crippen LogP contribution in [0.2, 0.25) is 0 Å². The molecule has 1 fully saturated rings. The second-order valence-corrected chi connectivity index (χ2v) is 5.64. The lowest BCUT2D eigenvalue weighted by Crippen LogP contribution is -2.44. The molecule has 2 rings (SSSR count). The number of rotatable bonds is 4. The molecule has 0 spiro atoms. The molecule has 0 radical (unpaired) electrons. The van der Waals surface area contributed by atoms with E-state index in [9.17, 15) is 10.1 Å². The van der Waals surface area contributed by atoms with E-state index in [1.807, 2.05) is 12.3 Å². The fourth-order valence-corrected chi connectivity index (χ4v) is 2.86. The van der Waals surface area contributed by atoms with Gasteiger partial charge in [-0.2, -0.15) is 5.26 Å². The van der Waals surface area contributed by atoms with Gasteiger partial charge in [0, 0.05) is 37.3 Å².